The molecule has 47 heavy (non-hydrogen) atoms. The fourth-order valence-corrected chi connectivity index (χ4v) is 7.77. The minimum atomic E-state index is -1.31. The number of anilines is 1. The molecule has 2 aromatic heterocycles. The molecule has 246 valence electrons. The summed E-state index contributed by atoms with van der Waals surface area (Å²) in [6.45, 7) is 3.39. The molecule has 4 aliphatic carbocycles. The van der Waals surface area contributed by atoms with Gasteiger partial charge in [-0.3, -0.25) is 28.8 Å². The quantitative estimate of drug-likeness (QED) is 0.164. The molecule has 4 bridgehead atoms. The van der Waals surface area contributed by atoms with Gasteiger partial charge in [0.25, 0.3) is 17.4 Å². The molecule has 3 aromatic rings. The molecule has 2 heterocycles. The standard InChI is InChI=1S/C35H39N5O7/c1-2-11-36-33(44)27(41)10-9-25(37-34(45)29-18-22-6-3-4-8-28(22)47-29)32(43)38-26-7-5-12-40(35(26)46)19-30(42)39-31-23-14-20-13-21(16-23)17-24(31)15-20/h2-8,12,18,20-21,23-25,31H,1,9-11,13-17,19H2,(H,36,44)(H,37,45)(H,38,43)(H,39,42)/t20?,21?,23?,24?,25-,31?/m0/s1. The van der Waals surface area contributed by atoms with Crippen molar-refractivity contribution in [2.24, 2.45) is 23.7 Å². The molecule has 0 unspecified atom stereocenters. The molecule has 0 saturated heterocycles. The summed E-state index contributed by atoms with van der Waals surface area (Å²) < 4.78 is 6.85. The van der Waals surface area contributed by atoms with Gasteiger partial charge >= 0.3 is 0 Å². The van der Waals surface area contributed by atoms with Crippen LogP contribution in [0.15, 0.2) is 70.5 Å². The molecule has 4 N–H and O–H groups in total. The molecule has 4 aliphatic rings. The van der Waals surface area contributed by atoms with Gasteiger partial charge in [0.15, 0.2) is 5.76 Å². The molecule has 1 atom stereocenters. The number of rotatable bonds is 13. The Morgan fingerprint density at radius 2 is 1.70 bits per heavy atom. The highest BCUT2D eigenvalue weighted by atomic mass is 16.3. The van der Waals surface area contributed by atoms with Gasteiger partial charge in [-0.25, -0.2) is 0 Å². The highest BCUT2D eigenvalue weighted by Crippen LogP contribution is 2.53. The van der Waals surface area contributed by atoms with Gasteiger partial charge < -0.3 is 30.3 Å². The molecule has 4 saturated carbocycles. The molecule has 4 fully saturated rings. The molecule has 12 heteroatoms. The second-order valence-electron chi connectivity index (χ2n) is 13.0. The maximum absolute atomic E-state index is 13.5. The van der Waals surface area contributed by atoms with E-state index in [2.05, 4.69) is 27.8 Å². The first kappa shape index (κ1) is 32.0. The van der Waals surface area contributed by atoms with E-state index >= 15 is 0 Å². The van der Waals surface area contributed by atoms with E-state index in [1.165, 1.54) is 35.4 Å². The van der Waals surface area contributed by atoms with Gasteiger partial charge in [0.2, 0.25) is 17.6 Å². The number of benzene rings is 1. The highest BCUT2D eigenvalue weighted by Gasteiger charge is 2.48. The topological polar surface area (TPSA) is 169 Å². The number of nitrogens with one attached hydrogen (secondary N) is 4. The molecule has 0 spiro atoms. The number of carbonyl (C=O) groups is 5. The maximum atomic E-state index is 13.5. The zero-order chi connectivity index (χ0) is 33.1. The van der Waals surface area contributed by atoms with Crippen molar-refractivity contribution in [1.29, 1.82) is 0 Å². The van der Waals surface area contributed by atoms with Gasteiger partial charge in [0.1, 0.15) is 23.9 Å². The lowest BCUT2D eigenvalue weighted by atomic mass is 9.54. The molecular weight excluding hydrogens is 602 g/mol. The Hall–Kier alpha value is -5.00. The number of ketones is 1. The Labute approximate surface area is 271 Å². The van der Waals surface area contributed by atoms with Gasteiger partial charge in [0.05, 0.1) is 0 Å². The van der Waals surface area contributed by atoms with Crippen molar-refractivity contribution in [1.82, 2.24) is 20.5 Å². The highest BCUT2D eigenvalue weighted by molar-refractivity contribution is 6.36. The fraction of sp³-hybridized carbons (Fsp3) is 0.429. The van der Waals surface area contributed by atoms with Crippen molar-refractivity contribution < 1.29 is 28.4 Å². The number of hydrogen-bond acceptors (Lipinski definition) is 7. The summed E-state index contributed by atoms with van der Waals surface area (Å²) in [6, 6.07) is 10.3. The Morgan fingerprint density at radius 3 is 2.40 bits per heavy atom. The third-order valence-electron chi connectivity index (χ3n) is 9.74. The van der Waals surface area contributed by atoms with Crippen LogP contribution in [0, 0.1) is 23.7 Å². The number of aromatic nitrogens is 1. The monoisotopic (exact) mass is 641 g/mol. The lowest BCUT2D eigenvalue weighted by Gasteiger charge is -2.54. The van der Waals surface area contributed by atoms with E-state index in [4.69, 9.17) is 4.42 Å². The van der Waals surface area contributed by atoms with Crippen molar-refractivity contribution >= 4 is 46.1 Å². The van der Waals surface area contributed by atoms with E-state index in [1.54, 1.807) is 30.3 Å². The van der Waals surface area contributed by atoms with Gasteiger partial charge in [0, 0.05) is 30.6 Å². The number of hydrogen-bond donors (Lipinski definition) is 4. The van der Waals surface area contributed by atoms with E-state index in [0.29, 0.717) is 22.8 Å². The average Bonchev–Trinajstić information content (AvgIpc) is 3.49. The zero-order valence-corrected chi connectivity index (χ0v) is 26.0. The second kappa shape index (κ2) is 13.8. The molecule has 0 radical (unpaired) electrons. The first-order valence-electron chi connectivity index (χ1n) is 16.2. The molecule has 1 aromatic carbocycles. The normalized spacial score (nSPS) is 23.1. The summed E-state index contributed by atoms with van der Waals surface area (Å²) in [7, 11) is 0. The van der Waals surface area contributed by atoms with E-state index in [1.807, 2.05) is 0 Å². The van der Waals surface area contributed by atoms with Gasteiger partial charge in [-0.15, -0.1) is 6.58 Å². The number of Topliss-reactive ketones (excluding diaryl/α,β-unsaturated/α-hetero) is 1. The van der Waals surface area contributed by atoms with Gasteiger partial charge in [-0.2, -0.15) is 0 Å². The lowest BCUT2D eigenvalue weighted by molar-refractivity contribution is -0.138. The predicted octanol–water partition coefficient (Wildman–Crippen LogP) is 2.92. The molecule has 0 aliphatic heterocycles. The Balaban J connectivity index is 1.13. The van der Waals surface area contributed by atoms with Crippen LogP contribution in [0.5, 0.6) is 0 Å². The number of carbonyl (C=O) groups excluding carboxylic acids is 5. The Kier molecular flexibility index (Phi) is 9.37. The SMILES string of the molecule is C=CCNC(=O)C(=O)CC[C@H](NC(=O)c1cc2ccccc2o1)C(=O)Nc1cccn(CC(=O)NC2C3CC4CC(C3)CC2C4)c1=O. The van der Waals surface area contributed by atoms with Crippen LogP contribution in [-0.2, 0) is 25.7 Å². The zero-order valence-electron chi connectivity index (χ0n) is 26.0. The van der Waals surface area contributed by atoms with E-state index < -0.39 is 35.1 Å². The number of amides is 4. The third-order valence-corrected chi connectivity index (χ3v) is 9.74. The van der Waals surface area contributed by atoms with Crippen LogP contribution >= 0.6 is 0 Å². The van der Waals surface area contributed by atoms with E-state index in [9.17, 15) is 28.8 Å². The summed E-state index contributed by atoms with van der Waals surface area (Å²) in [5, 5.41) is 11.4. The third kappa shape index (κ3) is 7.21. The predicted molar refractivity (Wildman–Crippen MR) is 173 cm³/mol. The van der Waals surface area contributed by atoms with Crippen molar-refractivity contribution in [3.8, 4) is 0 Å². The second-order valence-corrected chi connectivity index (χ2v) is 13.0. The number of nitrogens with zero attached hydrogens (tertiary/aromatic N) is 1. The van der Waals surface area contributed by atoms with Crippen LogP contribution in [0.3, 0.4) is 0 Å². The van der Waals surface area contributed by atoms with Crippen LogP contribution in [0.4, 0.5) is 5.69 Å². The van der Waals surface area contributed by atoms with Gasteiger partial charge in [-0.05, 0) is 86.5 Å². The largest absolute Gasteiger partial charge is 0.451 e. The minimum absolute atomic E-state index is 0.0498. The first-order valence-corrected chi connectivity index (χ1v) is 16.2. The molecular formula is C35H39N5O7. The van der Waals surface area contributed by atoms with E-state index in [-0.39, 0.29) is 49.3 Å². The number of para-hydroxylation sites is 1. The van der Waals surface area contributed by atoms with Crippen molar-refractivity contribution in [3.05, 3.63) is 77.4 Å². The fourth-order valence-electron chi connectivity index (χ4n) is 7.77. The van der Waals surface area contributed by atoms with Crippen LogP contribution in [0.1, 0.15) is 55.5 Å². The number of pyridine rings is 1. The van der Waals surface area contributed by atoms with Crippen molar-refractivity contribution in [3.63, 3.8) is 0 Å². The average molecular weight is 642 g/mol. The Bertz CT molecular complexity index is 1710. The summed E-state index contributed by atoms with van der Waals surface area (Å²) >= 11 is 0. The van der Waals surface area contributed by atoms with Crippen molar-refractivity contribution in [2.45, 2.75) is 63.6 Å². The summed E-state index contributed by atoms with van der Waals surface area (Å²) in [6.07, 6.45) is 8.24. The van der Waals surface area contributed by atoms with Crippen LogP contribution in [0.25, 0.3) is 11.0 Å². The van der Waals surface area contributed by atoms with Gasteiger partial charge in [-0.1, -0.05) is 24.3 Å². The molecule has 4 amide bonds. The number of furan rings is 1. The van der Waals surface area contributed by atoms with Crippen LogP contribution in [0.2, 0.25) is 0 Å². The van der Waals surface area contributed by atoms with Crippen LogP contribution in [-0.4, -0.2) is 52.6 Å². The Morgan fingerprint density at radius 1 is 0.979 bits per heavy atom. The molecule has 12 nitrogen and oxygen atoms in total. The molecule has 7 rings (SSSR count). The lowest BCUT2D eigenvalue weighted by Crippen LogP contribution is -2.56. The first-order chi connectivity index (χ1) is 22.7. The van der Waals surface area contributed by atoms with Crippen molar-refractivity contribution in [2.75, 3.05) is 11.9 Å². The smallest absolute Gasteiger partial charge is 0.287 e. The summed E-state index contributed by atoms with van der Waals surface area (Å²) in [5.41, 5.74) is -0.216. The summed E-state index contributed by atoms with van der Waals surface area (Å²) in [5.74, 6) is -0.891. The van der Waals surface area contributed by atoms with Crippen LogP contribution < -0.4 is 26.8 Å². The van der Waals surface area contributed by atoms with E-state index in [0.717, 1.165) is 37.5 Å². The summed E-state index contributed by atoms with van der Waals surface area (Å²) in [4.78, 5) is 77.6. The maximum Gasteiger partial charge on any atom is 0.287 e. The minimum Gasteiger partial charge on any atom is -0.451 e. The number of fused-ring (bicyclic) bond motifs is 1.